The van der Waals surface area contributed by atoms with Gasteiger partial charge in [0.15, 0.2) is 0 Å². The maximum atomic E-state index is 12.3. The molecule has 1 aromatic rings. The highest BCUT2D eigenvalue weighted by Gasteiger charge is 2.32. The average molecular weight is 395 g/mol. The van der Waals surface area contributed by atoms with E-state index >= 15 is 0 Å². The lowest BCUT2D eigenvalue weighted by molar-refractivity contribution is -0.434. The maximum absolute atomic E-state index is 12.3. The van der Waals surface area contributed by atoms with E-state index in [1.807, 2.05) is 22.8 Å². The number of nitrogens with zero attached hydrogens (tertiary/aromatic N) is 2. The highest BCUT2D eigenvalue weighted by molar-refractivity contribution is 7.80. The summed E-state index contributed by atoms with van der Waals surface area (Å²) in [7, 11) is 1.49. The molecule has 1 saturated heterocycles. The summed E-state index contributed by atoms with van der Waals surface area (Å²) in [5.41, 5.74) is 14.4. The van der Waals surface area contributed by atoms with E-state index < -0.39 is 0 Å². The minimum Gasteiger partial charge on any atom is -0.474 e. The Hall–Kier alpha value is -2.39. The molecule has 1 heterocycles. The van der Waals surface area contributed by atoms with Crippen molar-refractivity contribution >= 4 is 41.2 Å². The van der Waals surface area contributed by atoms with Crippen LogP contribution in [0.25, 0.3) is 0 Å². The van der Waals surface area contributed by atoms with Crippen LogP contribution in [0.5, 0.6) is 0 Å². The Kier molecular flexibility index (Phi) is 7.81. The van der Waals surface area contributed by atoms with E-state index in [1.165, 1.54) is 13.4 Å². The number of ether oxygens (including phenoxy) is 2. The molecule has 0 bridgehead atoms. The van der Waals surface area contributed by atoms with Crippen molar-refractivity contribution in [2.75, 3.05) is 38.2 Å². The van der Waals surface area contributed by atoms with Crippen LogP contribution in [0.2, 0.25) is 0 Å². The van der Waals surface area contributed by atoms with Gasteiger partial charge in [0.2, 0.25) is 6.34 Å². The van der Waals surface area contributed by atoms with Crippen molar-refractivity contribution in [2.45, 2.75) is 25.9 Å². The molecule has 0 radical (unpaired) electrons. The second-order valence-electron chi connectivity index (χ2n) is 6.18. The molecule has 0 spiro atoms. The van der Waals surface area contributed by atoms with Crippen LogP contribution in [0.4, 0.5) is 16.2 Å². The normalized spacial score (nSPS) is 17.0. The SMILES string of the molecule is CCCc1cc(N2CC(CNC(=S)OC)OC2=O)ccc1[N+](=CN)CCN. The number of benzene rings is 1. The zero-order valence-electron chi connectivity index (χ0n) is 15.8. The molecule has 27 heavy (non-hydrogen) atoms. The summed E-state index contributed by atoms with van der Waals surface area (Å²) in [4.78, 5) is 13.9. The first-order valence-corrected chi connectivity index (χ1v) is 9.39. The molecule has 1 atom stereocenters. The molecule has 1 aliphatic rings. The molecule has 5 N–H and O–H groups in total. The summed E-state index contributed by atoms with van der Waals surface area (Å²) in [6.45, 7) is 4.09. The number of hydrogen-bond acceptors (Lipinski definition) is 5. The fraction of sp³-hybridized carbons (Fsp3) is 0.500. The van der Waals surface area contributed by atoms with Crippen LogP contribution >= 0.6 is 12.2 Å². The van der Waals surface area contributed by atoms with Crippen molar-refractivity contribution in [2.24, 2.45) is 11.5 Å². The summed E-state index contributed by atoms with van der Waals surface area (Å²) in [5, 5.41) is 3.19. The van der Waals surface area contributed by atoms with E-state index in [4.69, 9.17) is 33.2 Å². The number of carbonyl (C=O) groups excluding carboxylic acids is 1. The van der Waals surface area contributed by atoms with Crippen molar-refractivity contribution in [3.05, 3.63) is 23.8 Å². The second kappa shape index (κ2) is 10.1. The predicted molar refractivity (Wildman–Crippen MR) is 110 cm³/mol. The third kappa shape index (κ3) is 5.30. The molecule has 8 nitrogen and oxygen atoms in total. The van der Waals surface area contributed by atoms with Crippen LogP contribution in [-0.2, 0) is 15.9 Å². The quantitative estimate of drug-likeness (QED) is 0.262. The van der Waals surface area contributed by atoms with Gasteiger partial charge in [0, 0.05) is 17.8 Å². The van der Waals surface area contributed by atoms with Crippen LogP contribution in [0.1, 0.15) is 18.9 Å². The minimum absolute atomic E-state index is 0.275. The molecule has 0 aliphatic carbocycles. The molecule has 1 amide bonds. The molecule has 0 saturated carbocycles. The number of thiocarbonyl (C=S) groups is 1. The minimum atomic E-state index is -0.371. The first-order valence-electron chi connectivity index (χ1n) is 8.98. The van der Waals surface area contributed by atoms with Crippen LogP contribution < -0.4 is 21.7 Å². The van der Waals surface area contributed by atoms with E-state index in [0.29, 0.717) is 26.2 Å². The number of anilines is 1. The molecule has 1 fully saturated rings. The molecule has 1 unspecified atom stereocenters. The highest BCUT2D eigenvalue weighted by atomic mass is 32.1. The molecule has 1 aliphatic heterocycles. The summed E-state index contributed by atoms with van der Waals surface area (Å²) < 4.78 is 12.2. The van der Waals surface area contributed by atoms with Crippen LogP contribution in [0.3, 0.4) is 0 Å². The number of carbonyl (C=O) groups is 1. The van der Waals surface area contributed by atoms with Gasteiger partial charge in [-0.1, -0.05) is 13.3 Å². The number of aryl methyl sites for hydroxylation is 1. The van der Waals surface area contributed by atoms with Crippen molar-refractivity contribution in [1.29, 1.82) is 0 Å². The number of methoxy groups -OCH3 is 1. The average Bonchev–Trinajstić information content (AvgIpc) is 3.05. The third-order valence-electron chi connectivity index (χ3n) is 4.29. The third-order valence-corrected chi connectivity index (χ3v) is 4.60. The van der Waals surface area contributed by atoms with Gasteiger partial charge in [0.05, 0.1) is 20.2 Å². The summed E-state index contributed by atoms with van der Waals surface area (Å²) in [5.74, 6) is 0. The Morgan fingerprint density at radius 1 is 1.56 bits per heavy atom. The molecule has 148 valence electrons. The van der Waals surface area contributed by atoms with Gasteiger partial charge in [0.25, 0.3) is 5.17 Å². The van der Waals surface area contributed by atoms with Crippen LogP contribution in [-0.4, -0.2) is 61.6 Å². The first kappa shape index (κ1) is 20.9. The van der Waals surface area contributed by atoms with Gasteiger partial charge in [-0.3, -0.25) is 10.6 Å². The van der Waals surface area contributed by atoms with Crippen LogP contribution in [0, 0.1) is 0 Å². The number of nitrogens with one attached hydrogen (secondary N) is 1. The fourth-order valence-electron chi connectivity index (χ4n) is 3.01. The second-order valence-corrected chi connectivity index (χ2v) is 6.55. The van der Waals surface area contributed by atoms with Gasteiger partial charge in [-0.25, -0.2) is 9.37 Å². The Balaban J connectivity index is 2.19. The van der Waals surface area contributed by atoms with E-state index in [-0.39, 0.29) is 17.4 Å². The smallest absolute Gasteiger partial charge is 0.414 e. The van der Waals surface area contributed by atoms with Gasteiger partial charge in [-0.15, -0.1) is 0 Å². The molecule has 2 rings (SSSR count). The number of amides is 1. The van der Waals surface area contributed by atoms with Crippen LogP contribution in [0.15, 0.2) is 18.2 Å². The van der Waals surface area contributed by atoms with E-state index in [9.17, 15) is 4.79 Å². The van der Waals surface area contributed by atoms with Gasteiger partial charge >= 0.3 is 6.09 Å². The topological polar surface area (TPSA) is 106 Å². The zero-order valence-corrected chi connectivity index (χ0v) is 16.6. The lowest BCUT2D eigenvalue weighted by Gasteiger charge is -2.17. The zero-order chi connectivity index (χ0) is 19.8. The summed E-state index contributed by atoms with van der Waals surface area (Å²) in [6, 6.07) is 5.89. The Morgan fingerprint density at radius 2 is 2.33 bits per heavy atom. The van der Waals surface area contributed by atoms with Gasteiger partial charge in [-0.2, -0.15) is 0 Å². The number of hydrogen-bond donors (Lipinski definition) is 3. The lowest BCUT2D eigenvalue weighted by Crippen LogP contribution is -2.34. The van der Waals surface area contributed by atoms with E-state index in [2.05, 4.69) is 12.2 Å². The number of rotatable bonds is 8. The fourth-order valence-corrected chi connectivity index (χ4v) is 3.10. The summed E-state index contributed by atoms with van der Waals surface area (Å²) >= 11 is 4.95. The maximum Gasteiger partial charge on any atom is 0.414 e. The van der Waals surface area contributed by atoms with Gasteiger partial charge < -0.3 is 20.5 Å². The summed E-state index contributed by atoms with van der Waals surface area (Å²) in [6.07, 6.45) is 2.71. The monoisotopic (exact) mass is 394 g/mol. The lowest BCUT2D eigenvalue weighted by atomic mass is 10.1. The van der Waals surface area contributed by atoms with E-state index in [1.54, 1.807) is 4.90 Å². The van der Waals surface area contributed by atoms with Crippen molar-refractivity contribution < 1.29 is 18.8 Å². The molecular weight excluding hydrogens is 366 g/mol. The Labute approximate surface area is 165 Å². The largest absolute Gasteiger partial charge is 0.474 e. The standard InChI is InChI=1S/C18H27N5O3S/c1-3-4-13-9-14(5-6-16(13)22(12-20)8-7-19)23-11-15(26-18(23)24)10-21-17(27)25-2/h5-6,9,12,15,20H,3-4,7-8,10-11,19H2,1-2H3,(H,21,27)/p+1. The highest BCUT2D eigenvalue weighted by Crippen LogP contribution is 2.29. The van der Waals surface area contributed by atoms with Crippen molar-refractivity contribution in [3.8, 4) is 0 Å². The number of cyclic esters (lactones) is 1. The van der Waals surface area contributed by atoms with E-state index in [0.717, 1.165) is 29.8 Å². The molecule has 0 aromatic heterocycles. The van der Waals surface area contributed by atoms with Gasteiger partial charge in [0.1, 0.15) is 18.3 Å². The van der Waals surface area contributed by atoms with Crippen molar-refractivity contribution in [1.82, 2.24) is 5.32 Å². The Morgan fingerprint density at radius 3 is 2.96 bits per heavy atom. The number of nitrogens with two attached hydrogens (primary N) is 2. The molecular formula is C18H28N5O3S+. The predicted octanol–water partition coefficient (Wildman–Crippen LogP) is 1.07. The first-order chi connectivity index (χ1) is 13.0. The molecule has 1 aromatic carbocycles. The Bertz CT molecular complexity index is 710. The van der Waals surface area contributed by atoms with Gasteiger partial charge in [-0.05, 0) is 36.8 Å². The molecule has 9 heteroatoms. The van der Waals surface area contributed by atoms with Crippen molar-refractivity contribution in [3.63, 3.8) is 0 Å².